The van der Waals surface area contributed by atoms with Gasteiger partial charge in [-0.05, 0) is 24.1 Å². The number of para-hydroxylation sites is 2. The molecule has 0 bridgehead atoms. The minimum absolute atomic E-state index is 0.0109. The lowest BCUT2D eigenvalue weighted by molar-refractivity contribution is -0.131. The number of imidazole rings is 1. The summed E-state index contributed by atoms with van der Waals surface area (Å²) in [5.74, 6) is -0.0924. The highest BCUT2D eigenvalue weighted by molar-refractivity contribution is 7.91. The second-order valence-corrected chi connectivity index (χ2v) is 9.10. The summed E-state index contributed by atoms with van der Waals surface area (Å²) in [6.45, 7) is 0.831. The van der Waals surface area contributed by atoms with Crippen molar-refractivity contribution in [1.29, 1.82) is 0 Å². The molecule has 0 unspecified atom stereocenters. The number of carbonyl (C=O) groups is 1. The Kier molecular flexibility index (Phi) is 4.70. The number of rotatable bonds is 3. The van der Waals surface area contributed by atoms with Gasteiger partial charge >= 0.3 is 0 Å². The van der Waals surface area contributed by atoms with Crippen molar-refractivity contribution >= 4 is 26.8 Å². The Hall–Kier alpha value is -2.67. The molecular formula is C20H21N3O3S. The molecule has 6 nitrogen and oxygen atoms in total. The lowest BCUT2D eigenvalue weighted by Gasteiger charge is -2.20. The maximum Gasteiger partial charge on any atom is 0.242 e. The Bertz CT molecular complexity index is 1060. The molecule has 0 saturated carbocycles. The Morgan fingerprint density at radius 3 is 2.59 bits per heavy atom. The second kappa shape index (κ2) is 7.15. The zero-order valence-corrected chi connectivity index (χ0v) is 15.7. The van der Waals surface area contributed by atoms with Crippen molar-refractivity contribution in [3.05, 3.63) is 66.5 Å². The summed E-state index contributed by atoms with van der Waals surface area (Å²) in [6.07, 6.45) is 2.08. The molecule has 27 heavy (non-hydrogen) atoms. The van der Waals surface area contributed by atoms with Crippen LogP contribution in [0, 0.1) is 0 Å². The molecule has 0 aliphatic carbocycles. The standard InChI is InChI=1S/C20H21N3O3S/c24-20(14-23-15-21-17-8-4-5-9-18(17)23)22-11-10-19(27(25,26)13-12-22)16-6-2-1-3-7-16/h1-9,15,19H,10-14H2/t19-/m0/s1. The Labute approximate surface area is 158 Å². The minimum atomic E-state index is -3.29. The molecule has 1 fully saturated rings. The fraction of sp³-hybridized carbons (Fsp3) is 0.300. The maximum atomic E-state index is 12.8. The van der Waals surface area contributed by atoms with Crippen LogP contribution in [0.1, 0.15) is 17.2 Å². The van der Waals surface area contributed by atoms with Crippen molar-refractivity contribution in [2.45, 2.75) is 18.2 Å². The van der Waals surface area contributed by atoms with E-state index in [1.54, 1.807) is 11.2 Å². The quantitative estimate of drug-likeness (QED) is 0.696. The van der Waals surface area contributed by atoms with Crippen LogP contribution in [0.5, 0.6) is 0 Å². The molecule has 1 aliphatic heterocycles. The summed E-state index contributed by atoms with van der Waals surface area (Å²) < 4.78 is 27.2. The van der Waals surface area contributed by atoms with Gasteiger partial charge in [-0.25, -0.2) is 13.4 Å². The van der Waals surface area contributed by atoms with Crippen molar-refractivity contribution in [3.63, 3.8) is 0 Å². The highest BCUT2D eigenvalue weighted by atomic mass is 32.2. The summed E-state index contributed by atoms with van der Waals surface area (Å²) in [6, 6.07) is 16.9. The van der Waals surface area contributed by atoms with E-state index >= 15 is 0 Å². The first kappa shape index (κ1) is 17.7. The van der Waals surface area contributed by atoms with Crippen LogP contribution in [0.2, 0.25) is 0 Å². The molecule has 3 aromatic rings. The summed E-state index contributed by atoms with van der Waals surface area (Å²) in [5.41, 5.74) is 2.54. The molecule has 1 aliphatic rings. The number of hydrogen-bond acceptors (Lipinski definition) is 4. The average Bonchev–Trinajstić information content (AvgIpc) is 3.00. The maximum absolute atomic E-state index is 12.8. The van der Waals surface area contributed by atoms with Crippen LogP contribution >= 0.6 is 0 Å². The minimum Gasteiger partial charge on any atom is -0.340 e. The number of nitrogens with zero attached hydrogens (tertiary/aromatic N) is 3. The number of hydrogen-bond donors (Lipinski definition) is 0. The zero-order valence-electron chi connectivity index (χ0n) is 14.9. The number of benzene rings is 2. The van der Waals surface area contributed by atoms with Crippen molar-refractivity contribution in [3.8, 4) is 0 Å². The van der Waals surface area contributed by atoms with E-state index in [0.717, 1.165) is 16.6 Å². The van der Waals surface area contributed by atoms with Gasteiger partial charge in [0.1, 0.15) is 6.54 Å². The number of fused-ring (bicyclic) bond motifs is 1. The van der Waals surface area contributed by atoms with Crippen LogP contribution < -0.4 is 0 Å². The van der Waals surface area contributed by atoms with Gasteiger partial charge in [-0.15, -0.1) is 0 Å². The fourth-order valence-electron chi connectivity index (χ4n) is 3.62. The second-order valence-electron chi connectivity index (χ2n) is 6.80. The normalized spacial score (nSPS) is 19.7. The molecule has 0 spiro atoms. The van der Waals surface area contributed by atoms with Gasteiger partial charge < -0.3 is 9.47 Å². The van der Waals surface area contributed by atoms with Gasteiger partial charge in [-0.2, -0.15) is 0 Å². The SMILES string of the molecule is O=C(Cn1cnc2ccccc21)N1CC[C@@H](c2ccccc2)S(=O)(=O)CC1. The Balaban J connectivity index is 1.51. The van der Waals surface area contributed by atoms with E-state index in [1.165, 1.54) is 0 Å². The van der Waals surface area contributed by atoms with Crippen LogP contribution in [0.25, 0.3) is 11.0 Å². The van der Waals surface area contributed by atoms with Gasteiger partial charge in [0.25, 0.3) is 0 Å². The number of aromatic nitrogens is 2. The van der Waals surface area contributed by atoms with Gasteiger partial charge in [0.15, 0.2) is 9.84 Å². The van der Waals surface area contributed by atoms with E-state index in [2.05, 4.69) is 4.98 Å². The predicted octanol–water partition coefficient (Wildman–Crippen LogP) is 2.42. The Morgan fingerprint density at radius 1 is 1.04 bits per heavy atom. The van der Waals surface area contributed by atoms with Crippen LogP contribution in [0.3, 0.4) is 0 Å². The third-order valence-electron chi connectivity index (χ3n) is 5.10. The molecule has 1 aromatic heterocycles. The molecule has 0 N–H and O–H groups in total. The van der Waals surface area contributed by atoms with E-state index in [9.17, 15) is 13.2 Å². The summed E-state index contributed by atoms with van der Waals surface area (Å²) in [7, 11) is -3.29. The lowest BCUT2D eigenvalue weighted by atomic mass is 10.1. The van der Waals surface area contributed by atoms with E-state index in [4.69, 9.17) is 0 Å². The third kappa shape index (κ3) is 3.60. The van der Waals surface area contributed by atoms with Gasteiger partial charge in [0.05, 0.1) is 28.4 Å². The largest absolute Gasteiger partial charge is 0.340 e. The first-order chi connectivity index (χ1) is 13.0. The van der Waals surface area contributed by atoms with Gasteiger partial charge in [0, 0.05) is 13.1 Å². The lowest BCUT2D eigenvalue weighted by Crippen LogP contribution is -2.36. The summed E-state index contributed by atoms with van der Waals surface area (Å²) >= 11 is 0. The van der Waals surface area contributed by atoms with Gasteiger partial charge in [-0.3, -0.25) is 4.79 Å². The third-order valence-corrected chi connectivity index (χ3v) is 7.22. The number of carbonyl (C=O) groups excluding carboxylic acids is 1. The summed E-state index contributed by atoms with van der Waals surface area (Å²) in [5, 5.41) is -0.550. The van der Waals surface area contributed by atoms with Crippen molar-refractivity contribution in [1.82, 2.24) is 14.5 Å². The Morgan fingerprint density at radius 2 is 1.78 bits per heavy atom. The monoisotopic (exact) mass is 383 g/mol. The van der Waals surface area contributed by atoms with Crippen LogP contribution in [-0.4, -0.2) is 47.6 Å². The first-order valence-electron chi connectivity index (χ1n) is 8.99. The van der Waals surface area contributed by atoms with E-state index in [0.29, 0.717) is 13.0 Å². The molecule has 1 amide bonds. The molecule has 140 valence electrons. The molecule has 4 rings (SSSR count). The molecule has 0 radical (unpaired) electrons. The topological polar surface area (TPSA) is 72.3 Å². The molecule has 7 heteroatoms. The molecule has 1 atom stereocenters. The number of amides is 1. The van der Waals surface area contributed by atoms with Gasteiger partial charge in [-0.1, -0.05) is 42.5 Å². The van der Waals surface area contributed by atoms with Gasteiger partial charge in [0.2, 0.25) is 5.91 Å². The fourth-order valence-corrected chi connectivity index (χ4v) is 5.41. The molecule has 2 heterocycles. The van der Waals surface area contributed by atoms with Crippen molar-refractivity contribution < 1.29 is 13.2 Å². The van der Waals surface area contributed by atoms with E-state index < -0.39 is 15.1 Å². The smallest absolute Gasteiger partial charge is 0.242 e. The molecule has 2 aromatic carbocycles. The number of sulfone groups is 1. The average molecular weight is 383 g/mol. The van der Waals surface area contributed by atoms with Crippen LogP contribution in [-0.2, 0) is 21.2 Å². The zero-order chi connectivity index (χ0) is 18.9. The highest BCUT2D eigenvalue weighted by Gasteiger charge is 2.32. The van der Waals surface area contributed by atoms with E-state index in [1.807, 2.05) is 59.2 Å². The van der Waals surface area contributed by atoms with Crippen LogP contribution in [0.4, 0.5) is 0 Å². The first-order valence-corrected chi connectivity index (χ1v) is 10.7. The predicted molar refractivity (Wildman–Crippen MR) is 104 cm³/mol. The summed E-state index contributed by atoms with van der Waals surface area (Å²) in [4.78, 5) is 18.8. The highest BCUT2D eigenvalue weighted by Crippen LogP contribution is 2.29. The van der Waals surface area contributed by atoms with Crippen molar-refractivity contribution in [2.75, 3.05) is 18.8 Å². The van der Waals surface area contributed by atoms with Crippen molar-refractivity contribution in [2.24, 2.45) is 0 Å². The molecular weight excluding hydrogens is 362 g/mol. The van der Waals surface area contributed by atoms with E-state index in [-0.39, 0.29) is 24.7 Å². The van der Waals surface area contributed by atoms with Crippen LogP contribution in [0.15, 0.2) is 60.9 Å². The molecule has 1 saturated heterocycles.